The molecule has 1 aromatic carbocycles. The Bertz CT molecular complexity index is 1200. The summed E-state index contributed by atoms with van der Waals surface area (Å²) < 4.78 is 9.71. The molecule has 3 heterocycles. The van der Waals surface area contributed by atoms with Crippen molar-refractivity contribution < 1.29 is 4.52 Å². The second-order valence-electron chi connectivity index (χ2n) is 8.61. The number of benzene rings is 1. The lowest BCUT2D eigenvalue weighted by atomic mass is 9.61. The first-order valence-corrected chi connectivity index (χ1v) is 11.2. The highest BCUT2D eigenvalue weighted by molar-refractivity contribution is 5.60. The summed E-state index contributed by atoms with van der Waals surface area (Å²) in [7, 11) is 1.95. The molecule has 6 nitrogen and oxygen atoms in total. The van der Waals surface area contributed by atoms with Gasteiger partial charge in [0.05, 0.1) is 23.7 Å². The molecule has 0 spiro atoms. The molecule has 4 aromatic rings. The van der Waals surface area contributed by atoms with Crippen molar-refractivity contribution in [3.8, 4) is 17.1 Å². The van der Waals surface area contributed by atoms with Gasteiger partial charge in [0.1, 0.15) is 11.6 Å². The third-order valence-corrected chi connectivity index (χ3v) is 6.84. The van der Waals surface area contributed by atoms with Crippen LogP contribution in [0.15, 0.2) is 53.4 Å². The lowest BCUT2D eigenvalue weighted by molar-refractivity contribution is 0.206. The number of aromatic nitrogens is 5. The lowest BCUT2D eigenvalue weighted by Gasteiger charge is -2.43. The van der Waals surface area contributed by atoms with Crippen LogP contribution in [-0.2, 0) is 31.7 Å². The van der Waals surface area contributed by atoms with Gasteiger partial charge < -0.3 is 4.52 Å². The third kappa shape index (κ3) is 3.29. The molecule has 6 rings (SSSR count). The van der Waals surface area contributed by atoms with Crippen LogP contribution < -0.4 is 0 Å². The second-order valence-corrected chi connectivity index (χ2v) is 8.61. The summed E-state index contributed by atoms with van der Waals surface area (Å²) >= 11 is 0. The number of fused-ring (bicyclic) bond motifs is 4. The van der Waals surface area contributed by atoms with E-state index in [2.05, 4.69) is 52.1 Å². The zero-order valence-electron chi connectivity index (χ0n) is 18.7. The summed E-state index contributed by atoms with van der Waals surface area (Å²) in [5.74, 6) is 2.56. The van der Waals surface area contributed by atoms with Crippen molar-refractivity contribution >= 4 is 0 Å². The van der Waals surface area contributed by atoms with E-state index in [4.69, 9.17) is 9.51 Å². The lowest BCUT2D eigenvalue weighted by Crippen LogP contribution is -2.43. The Balaban J connectivity index is 0.000000796. The first-order valence-electron chi connectivity index (χ1n) is 11.2. The predicted molar refractivity (Wildman–Crippen MR) is 127 cm³/mol. The topological polar surface area (TPSA) is 61.7 Å². The quantitative estimate of drug-likeness (QED) is 0.418. The highest BCUT2D eigenvalue weighted by Gasteiger charge is 2.48. The standard InChI is InChI=1S/C23H23N5O.C2H6.CH4/c1-23-11-15-13-25-29-20(15)10-17(23)8-9-19-21(23)26-22(16-12-24-27(2)14-16)28(19)18-6-4-3-5-7-18;1-2;/h3-7,12-14,17H,8-11H2,1-2H3;1-2H3;1H4. The molecule has 0 amide bonds. The smallest absolute Gasteiger partial charge is 0.148 e. The van der Waals surface area contributed by atoms with Crippen LogP contribution in [-0.4, -0.2) is 24.5 Å². The van der Waals surface area contributed by atoms with E-state index in [9.17, 15) is 0 Å². The molecule has 0 fully saturated rings. The highest BCUT2D eigenvalue weighted by atomic mass is 16.5. The van der Waals surface area contributed by atoms with Crippen molar-refractivity contribution in [1.29, 1.82) is 0 Å². The molecular weight excluding hydrogens is 398 g/mol. The van der Waals surface area contributed by atoms with Gasteiger partial charge in [-0.15, -0.1) is 0 Å². The van der Waals surface area contributed by atoms with Gasteiger partial charge >= 0.3 is 0 Å². The van der Waals surface area contributed by atoms with E-state index in [1.165, 1.54) is 17.0 Å². The van der Waals surface area contributed by atoms with Gasteiger partial charge in [0, 0.05) is 42.0 Å². The van der Waals surface area contributed by atoms with E-state index in [0.717, 1.165) is 48.5 Å². The van der Waals surface area contributed by atoms with Gasteiger partial charge in [-0.1, -0.05) is 51.6 Å². The van der Waals surface area contributed by atoms with Crippen LogP contribution in [0.4, 0.5) is 0 Å². The molecule has 2 aliphatic rings. The SMILES string of the molecule is C.CC.Cn1cc(-c2nc3c(n2-c2ccccc2)CCC2Cc4oncc4CC32C)cn1. The number of rotatable bonds is 2. The van der Waals surface area contributed by atoms with Crippen LogP contribution in [0.1, 0.15) is 57.3 Å². The molecule has 6 heteroatoms. The fourth-order valence-corrected chi connectivity index (χ4v) is 5.32. The van der Waals surface area contributed by atoms with Crippen molar-refractivity contribution in [3.63, 3.8) is 0 Å². The third-order valence-electron chi connectivity index (χ3n) is 6.84. The van der Waals surface area contributed by atoms with Gasteiger partial charge in [0.25, 0.3) is 0 Å². The number of imidazole rings is 1. The van der Waals surface area contributed by atoms with Crippen LogP contribution in [0.3, 0.4) is 0 Å². The van der Waals surface area contributed by atoms with E-state index < -0.39 is 0 Å². The van der Waals surface area contributed by atoms with E-state index in [1.54, 1.807) is 0 Å². The Morgan fingerprint density at radius 3 is 2.62 bits per heavy atom. The first-order chi connectivity index (χ1) is 15.1. The number of hydrogen-bond acceptors (Lipinski definition) is 4. The Labute approximate surface area is 190 Å². The molecule has 168 valence electrons. The monoisotopic (exact) mass is 431 g/mol. The Kier molecular flexibility index (Phi) is 5.80. The largest absolute Gasteiger partial charge is 0.361 e. The molecule has 32 heavy (non-hydrogen) atoms. The molecule has 0 bridgehead atoms. The fraction of sp³-hybridized carbons (Fsp3) is 0.423. The molecule has 0 saturated heterocycles. The average molecular weight is 432 g/mol. The minimum absolute atomic E-state index is 0. The van der Waals surface area contributed by atoms with E-state index in [1.807, 2.05) is 44.2 Å². The second kappa shape index (κ2) is 8.41. The summed E-state index contributed by atoms with van der Waals surface area (Å²) in [4.78, 5) is 5.28. The van der Waals surface area contributed by atoms with Crippen LogP contribution in [0.2, 0.25) is 0 Å². The predicted octanol–water partition coefficient (Wildman–Crippen LogP) is 5.54. The number of aryl methyl sites for hydroxylation is 1. The molecule has 0 saturated carbocycles. The van der Waals surface area contributed by atoms with Crippen LogP contribution in [0.5, 0.6) is 0 Å². The van der Waals surface area contributed by atoms with Crippen molar-refractivity contribution in [2.75, 3.05) is 0 Å². The van der Waals surface area contributed by atoms with Crippen LogP contribution in [0.25, 0.3) is 17.1 Å². The van der Waals surface area contributed by atoms with E-state index >= 15 is 0 Å². The van der Waals surface area contributed by atoms with Crippen molar-refractivity contribution in [1.82, 2.24) is 24.5 Å². The highest BCUT2D eigenvalue weighted by Crippen LogP contribution is 2.49. The van der Waals surface area contributed by atoms with Crippen molar-refractivity contribution in [2.24, 2.45) is 13.0 Å². The maximum atomic E-state index is 5.52. The fourth-order valence-electron chi connectivity index (χ4n) is 5.32. The Morgan fingerprint density at radius 1 is 1.12 bits per heavy atom. The number of hydrogen-bond donors (Lipinski definition) is 0. The maximum absolute atomic E-state index is 5.52. The molecular formula is C26H33N5O. The maximum Gasteiger partial charge on any atom is 0.148 e. The van der Waals surface area contributed by atoms with Crippen LogP contribution in [0, 0.1) is 5.92 Å². The summed E-state index contributed by atoms with van der Waals surface area (Å²) in [5.41, 5.74) is 5.98. The first kappa shape index (κ1) is 22.1. The zero-order chi connectivity index (χ0) is 21.6. The molecule has 0 N–H and O–H groups in total. The van der Waals surface area contributed by atoms with Gasteiger partial charge in [-0.05, 0) is 37.3 Å². The summed E-state index contributed by atoms with van der Waals surface area (Å²) in [6.07, 6.45) is 9.88. The van der Waals surface area contributed by atoms with Gasteiger partial charge in [-0.2, -0.15) is 5.10 Å². The number of nitrogens with zero attached hydrogens (tertiary/aromatic N) is 5. The van der Waals surface area contributed by atoms with Crippen molar-refractivity contribution in [2.45, 2.75) is 59.3 Å². The summed E-state index contributed by atoms with van der Waals surface area (Å²) in [6.45, 7) is 6.38. The summed E-state index contributed by atoms with van der Waals surface area (Å²) in [5, 5.41) is 8.46. The van der Waals surface area contributed by atoms with Gasteiger partial charge in [0.15, 0.2) is 0 Å². The zero-order valence-corrected chi connectivity index (χ0v) is 18.7. The van der Waals surface area contributed by atoms with Crippen molar-refractivity contribution in [3.05, 3.63) is 71.6 Å². The average Bonchev–Trinajstić information content (AvgIpc) is 3.52. The Morgan fingerprint density at radius 2 is 1.91 bits per heavy atom. The van der Waals surface area contributed by atoms with Crippen LogP contribution >= 0.6 is 0 Å². The van der Waals surface area contributed by atoms with E-state index in [0.29, 0.717) is 5.92 Å². The van der Waals surface area contributed by atoms with Gasteiger partial charge in [0.2, 0.25) is 0 Å². The molecule has 0 radical (unpaired) electrons. The minimum Gasteiger partial charge on any atom is -0.361 e. The minimum atomic E-state index is -0.0108. The van der Waals surface area contributed by atoms with Gasteiger partial charge in [-0.3, -0.25) is 9.25 Å². The normalized spacial score (nSPS) is 20.8. The van der Waals surface area contributed by atoms with E-state index in [-0.39, 0.29) is 12.8 Å². The van der Waals surface area contributed by atoms with Gasteiger partial charge in [-0.25, -0.2) is 4.98 Å². The molecule has 0 aliphatic heterocycles. The molecule has 2 atom stereocenters. The molecule has 2 unspecified atom stereocenters. The molecule has 2 aliphatic carbocycles. The number of para-hydroxylation sites is 1. The summed E-state index contributed by atoms with van der Waals surface area (Å²) in [6, 6.07) is 10.6. The molecule has 3 aromatic heterocycles. The Hall–Kier alpha value is -3.15.